The summed E-state index contributed by atoms with van der Waals surface area (Å²) < 4.78 is 0. The van der Waals surface area contributed by atoms with Crippen LogP contribution in [-0.4, -0.2) is 24.8 Å². The molecule has 0 saturated heterocycles. The summed E-state index contributed by atoms with van der Waals surface area (Å²) in [6.45, 7) is 1.71. The summed E-state index contributed by atoms with van der Waals surface area (Å²) in [4.78, 5) is 4.58. The molecule has 4 nitrogen and oxygen atoms in total. The van der Waals surface area contributed by atoms with Crippen LogP contribution in [-0.2, 0) is 0 Å². The van der Waals surface area contributed by atoms with Gasteiger partial charge in [0.1, 0.15) is 0 Å². The Morgan fingerprint density at radius 3 is 2.00 bits per heavy atom. The Bertz CT molecular complexity index is 856. The van der Waals surface area contributed by atoms with Crippen molar-refractivity contribution in [2.24, 2.45) is 10.1 Å². The molecular formula is C24H26Cl2N4. The zero-order valence-electron chi connectivity index (χ0n) is 16.8. The van der Waals surface area contributed by atoms with Gasteiger partial charge in [0, 0.05) is 23.1 Å². The van der Waals surface area contributed by atoms with Gasteiger partial charge in [-0.2, -0.15) is 5.10 Å². The van der Waals surface area contributed by atoms with Crippen molar-refractivity contribution < 1.29 is 0 Å². The predicted molar refractivity (Wildman–Crippen MR) is 130 cm³/mol. The van der Waals surface area contributed by atoms with E-state index in [1.807, 2.05) is 72.8 Å². The van der Waals surface area contributed by atoms with E-state index in [9.17, 15) is 0 Å². The Morgan fingerprint density at radius 1 is 0.833 bits per heavy atom. The van der Waals surface area contributed by atoms with E-state index < -0.39 is 0 Å². The lowest BCUT2D eigenvalue weighted by molar-refractivity contribution is 0.650. The molecule has 0 aliphatic carbocycles. The van der Waals surface area contributed by atoms with Crippen LogP contribution in [0.2, 0.25) is 10.0 Å². The fourth-order valence-corrected chi connectivity index (χ4v) is 3.13. The van der Waals surface area contributed by atoms with Gasteiger partial charge in [0.2, 0.25) is 5.96 Å². The molecule has 3 rings (SSSR count). The van der Waals surface area contributed by atoms with Gasteiger partial charge in [0.05, 0.1) is 5.71 Å². The van der Waals surface area contributed by atoms with E-state index in [4.69, 9.17) is 23.2 Å². The number of halogens is 2. The molecule has 6 heteroatoms. The van der Waals surface area contributed by atoms with Gasteiger partial charge in [-0.15, -0.1) is 0 Å². The van der Waals surface area contributed by atoms with Crippen molar-refractivity contribution in [3.05, 3.63) is 81.9 Å². The molecule has 0 amide bonds. The topological polar surface area (TPSA) is 48.8 Å². The molecule has 0 radical (unpaired) electrons. The van der Waals surface area contributed by atoms with Crippen LogP contribution in [0.4, 0.5) is 0 Å². The summed E-state index contributed by atoms with van der Waals surface area (Å²) in [6.07, 6.45) is 12.6. The summed E-state index contributed by atoms with van der Waals surface area (Å²) in [5, 5.41) is 9.33. The average Bonchev–Trinajstić information content (AvgIpc) is 2.89. The van der Waals surface area contributed by atoms with E-state index in [2.05, 4.69) is 20.8 Å². The number of hydrogen-bond acceptors (Lipinski definition) is 4. The van der Waals surface area contributed by atoms with Crippen LogP contribution >= 0.6 is 23.2 Å². The molecule has 30 heavy (non-hydrogen) atoms. The second-order valence-corrected chi connectivity index (χ2v) is 7.86. The maximum Gasteiger partial charge on any atom is 0.212 e. The lowest BCUT2D eigenvalue weighted by atomic mass is 10.1. The molecule has 1 aliphatic heterocycles. The Morgan fingerprint density at radius 2 is 1.40 bits per heavy atom. The quantitative estimate of drug-likeness (QED) is 0.430. The molecule has 0 bridgehead atoms. The van der Waals surface area contributed by atoms with Crippen molar-refractivity contribution >= 4 is 47.0 Å². The smallest absolute Gasteiger partial charge is 0.212 e. The molecule has 0 unspecified atom stereocenters. The highest BCUT2D eigenvalue weighted by molar-refractivity contribution is 6.30. The molecule has 0 saturated carbocycles. The third kappa shape index (κ3) is 8.05. The Hall–Kier alpha value is -2.56. The number of guanidine groups is 1. The van der Waals surface area contributed by atoms with Crippen molar-refractivity contribution in [1.29, 1.82) is 0 Å². The van der Waals surface area contributed by atoms with Gasteiger partial charge in [0.15, 0.2) is 0 Å². The summed E-state index contributed by atoms with van der Waals surface area (Å²) in [5.41, 5.74) is 5.95. The Labute approximate surface area is 188 Å². The SMILES string of the molecule is Clc1ccc(C=CC(C=Cc2ccc(Cl)cc2)=NNC2=NCCCCCCN2)cc1. The summed E-state index contributed by atoms with van der Waals surface area (Å²) >= 11 is 12.0. The van der Waals surface area contributed by atoms with Crippen molar-refractivity contribution in [3.63, 3.8) is 0 Å². The molecule has 1 heterocycles. The number of nitrogens with one attached hydrogen (secondary N) is 2. The Kier molecular flexibility index (Phi) is 9.01. The minimum absolute atomic E-state index is 0.717. The molecule has 2 aromatic carbocycles. The average molecular weight is 441 g/mol. The number of rotatable bonds is 5. The van der Waals surface area contributed by atoms with Crippen LogP contribution in [0.25, 0.3) is 12.2 Å². The van der Waals surface area contributed by atoms with Crippen LogP contribution in [0.3, 0.4) is 0 Å². The van der Waals surface area contributed by atoms with E-state index in [0.29, 0.717) is 5.96 Å². The lowest BCUT2D eigenvalue weighted by Crippen LogP contribution is -2.35. The normalized spacial score (nSPS) is 15.1. The molecule has 2 N–H and O–H groups in total. The van der Waals surface area contributed by atoms with Crippen LogP contribution in [0.5, 0.6) is 0 Å². The van der Waals surface area contributed by atoms with Crippen LogP contribution in [0.15, 0.2) is 70.8 Å². The maximum absolute atomic E-state index is 5.98. The van der Waals surface area contributed by atoms with Crippen molar-refractivity contribution in [2.75, 3.05) is 13.1 Å². The first-order valence-electron chi connectivity index (χ1n) is 10.2. The van der Waals surface area contributed by atoms with E-state index in [1.54, 1.807) is 0 Å². The lowest BCUT2D eigenvalue weighted by Gasteiger charge is -2.08. The van der Waals surface area contributed by atoms with E-state index in [1.165, 1.54) is 12.8 Å². The second-order valence-electron chi connectivity index (χ2n) is 6.99. The number of nitrogens with zero attached hydrogens (tertiary/aromatic N) is 2. The van der Waals surface area contributed by atoms with Crippen molar-refractivity contribution in [1.82, 2.24) is 10.7 Å². The minimum Gasteiger partial charge on any atom is -0.355 e. The summed E-state index contributed by atoms with van der Waals surface area (Å²) in [7, 11) is 0. The highest BCUT2D eigenvalue weighted by Crippen LogP contribution is 2.12. The zero-order chi connectivity index (χ0) is 21.0. The number of hydrazone groups is 1. The number of aliphatic imine (C=N–C) groups is 1. The van der Waals surface area contributed by atoms with E-state index >= 15 is 0 Å². The molecule has 2 aromatic rings. The molecule has 156 valence electrons. The van der Waals surface area contributed by atoms with E-state index in [0.717, 1.165) is 52.8 Å². The molecule has 0 fully saturated rings. The van der Waals surface area contributed by atoms with Crippen LogP contribution in [0.1, 0.15) is 36.8 Å². The predicted octanol–water partition coefficient (Wildman–Crippen LogP) is 6.19. The van der Waals surface area contributed by atoms with Gasteiger partial charge in [-0.3, -0.25) is 4.99 Å². The monoisotopic (exact) mass is 440 g/mol. The second kappa shape index (κ2) is 12.2. The number of hydrogen-bond donors (Lipinski definition) is 2. The first-order chi connectivity index (χ1) is 14.7. The summed E-state index contributed by atoms with van der Waals surface area (Å²) in [5.74, 6) is 0.717. The van der Waals surface area contributed by atoms with Crippen LogP contribution in [0, 0.1) is 0 Å². The highest BCUT2D eigenvalue weighted by Gasteiger charge is 2.01. The zero-order valence-corrected chi connectivity index (χ0v) is 18.3. The fraction of sp³-hybridized carbons (Fsp3) is 0.250. The molecule has 0 aromatic heterocycles. The van der Waals surface area contributed by atoms with Gasteiger partial charge in [-0.25, -0.2) is 5.43 Å². The number of allylic oxidation sites excluding steroid dienone is 2. The molecule has 0 spiro atoms. The highest BCUT2D eigenvalue weighted by atomic mass is 35.5. The number of benzene rings is 2. The van der Waals surface area contributed by atoms with Gasteiger partial charge < -0.3 is 5.32 Å². The first kappa shape index (κ1) is 22.1. The Balaban J connectivity index is 1.76. The largest absolute Gasteiger partial charge is 0.355 e. The van der Waals surface area contributed by atoms with E-state index in [-0.39, 0.29) is 0 Å². The van der Waals surface area contributed by atoms with Crippen molar-refractivity contribution in [3.8, 4) is 0 Å². The summed E-state index contributed by atoms with van der Waals surface area (Å²) in [6, 6.07) is 15.4. The maximum atomic E-state index is 5.98. The minimum atomic E-state index is 0.717. The van der Waals surface area contributed by atoms with Gasteiger partial charge in [-0.05, 0) is 60.4 Å². The first-order valence-corrected chi connectivity index (χ1v) is 10.9. The van der Waals surface area contributed by atoms with Gasteiger partial charge in [-0.1, -0.05) is 72.5 Å². The van der Waals surface area contributed by atoms with Gasteiger partial charge >= 0.3 is 0 Å². The standard InChI is InChI=1S/C24H26Cl2N4/c25-21-11-5-19(6-12-21)9-15-23(16-10-20-7-13-22(26)14-8-20)29-30-24-27-17-3-1-2-4-18-28-24/h5-16H,1-4,17-18H2,(H2,27,28,30). The van der Waals surface area contributed by atoms with Gasteiger partial charge in [0.25, 0.3) is 0 Å². The molecular weight excluding hydrogens is 415 g/mol. The third-order valence-electron chi connectivity index (χ3n) is 4.57. The molecule has 1 aliphatic rings. The molecule has 0 atom stereocenters. The van der Waals surface area contributed by atoms with Crippen LogP contribution < -0.4 is 10.7 Å². The fourth-order valence-electron chi connectivity index (χ4n) is 2.88. The third-order valence-corrected chi connectivity index (χ3v) is 5.08. The van der Waals surface area contributed by atoms with Crippen molar-refractivity contribution in [2.45, 2.75) is 25.7 Å².